The van der Waals surface area contributed by atoms with Gasteiger partial charge in [-0.2, -0.15) is 0 Å². The van der Waals surface area contributed by atoms with Gasteiger partial charge in [-0.05, 0) is 19.3 Å². The van der Waals surface area contributed by atoms with Gasteiger partial charge >= 0.3 is 5.97 Å². The molecule has 0 amide bonds. The van der Waals surface area contributed by atoms with Crippen LogP contribution in [0, 0.1) is 11.8 Å². The topological polar surface area (TPSA) is 44.8 Å². The van der Waals surface area contributed by atoms with Gasteiger partial charge in [0.05, 0.1) is 31.8 Å². The Morgan fingerprint density at radius 3 is 2.63 bits per heavy atom. The van der Waals surface area contributed by atoms with Crippen LogP contribution in [0.15, 0.2) is 0 Å². The van der Waals surface area contributed by atoms with E-state index in [1.54, 1.807) is 0 Å². The zero-order valence-corrected chi connectivity index (χ0v) is 12.7. The van der Waals surface area contributed by atoms with Crippen LogP contribution in [0.4, 0.5) is 0 Å². The van der Waals surface area contributed by atoms with E-state index in [2.05, 4.69) is 18.6 Å². The van der Waals surface area contributed by atoms with Crippen molar-refractivity contribution in [1.29, 1.82) is 0 Å². The monoisotopic (exact) mass is 272 g/mol. The van der Waals surface area contributed by atoms with E-state index < -0.39 is 0 Å². The molecule has 0 radical (unpaired) electrons. The first-order valence-electron chi connectivity index (χ1n) is 7.45. The lowest BCUT2D eigenvalue weighted by Crippen LogP contribution is -2.19. The maximum atomic E-state index is 10.9. The molecule has 2 rings (SSSR count). The van der Waals surface area contributed by atoms with E-state index in [0.717, 1.165) is 38.9 Å². The van der Waals surface area contributed by atoms with Crippen LogP contribution >= 0.6 is 0 Å². The molecule has 2 saturated heterocycles. The Kier molecular flexibility index (Phi) is 7.39. The highest BCUT2D eigenvalue weighted by molar-refractivity contribution is 5.72. The van der Waals surface area contributed by atoms with E-state index in [4.69, 9.17) is 9.47 Å². The van der Waals surface area contributed by atoms with Gasteiger partial charge < -0.3 is 14.2 Å². The molecule has 0 aromatic heterocycles. The molecule has 4 heteroatoms. The fourth-order valence-electron chi connectivity index (χ4n) is 2.67. The minimum atomic E-state index is -0.0654. The van der Waals surface area contributed by atoms with Crippen LogP contribution in [-0.2, 0) is 19.0 Å². The molecule has 2 aliphatic rings. The number of hydrogen-bond donors (Lipinski definition) is 0. The largest absolute Gasteiger partial charge is 0.469 e. The van der Waals surface area contributed by atoms with E-state index in [9.17, 15) is 4.79 Å². The van der Waals surface area contributed by atoms with Crippen LogP contribution in [0.3, 0.4) is 0 Å². The predicted molar refractivity (Wildman–Crippen MR) is 74.0 cm³/mol. The quantitative estimate of drug-likeness (QED) is 0.738. The first-order chi connectivity index (χ1) is 9.13. The summed E-state index contributed by atoms with van der Waals surface area (Å²) in [4.78, 5) is 10.9. The van der Waals surface area contributed by atoms with Crippen molar-refractivity contribution in [2.75, 3.05) is 20.3 Å². The number of rotatable bonds is 4. The van der Waals surface area contributed by atoms with Gasteiger partial charge in [0.2, 0.25) is 0 Å². The zero-order valence-electron chi connectivity index (χ0n) is 12.7. The summed E-state index contributed by atoms with van der Waals surface area (Å²) in [5.41, 5.74) is 0. The lowest BCUT2D eigenvalue weighted by Gasteiger charge is -2.09. The maximum absolute atomic E-state index is 10.9. The van der Waals surface area contributed by atoms with Crippen molar-refractivity contribution in [2.45, 2.75) is 58.7 Å². The number of fused-ring (bicyclic) bond motifs is 1. The molecule has 0 aromatic carbocycles. The van der Waals surface area contributed by atoms with Crippen LogP contribution in [-0.4, -0.2) is 38.5 Å². The summed E-state index contributed by atoms with van der Waals surface area (Å²) in [6.07, 6.45) is 4.84. The van der Waals surface area contributed by atoms with Gasteiger partial charge in [0.1, 0.15) is 0 Å². The molecule has 0 N–H and O–H groups in total. The summed E-state index contributed by atoms with van der Waals surface area (Å²) < 4.78 is 15.5. The minimum absolute atomic E-state index is 0.0654. The van der Waals surface area contributed by atoms with Crippen LogP contribution in [0.1, 0.15) is 46.5 Å². The fraction of sp³-hybridized carbons (Fsp3) is 0.933. The van der Waals surface area contributed by atoms with Gasteiger partial charge in [0.15, 0.2) is 0 Å². The van der Waals surface area contributed by atoms with E-state index in [1.807, 2.05) is 6.92 Å². The SMILES string of the molecule is CC1COC2CCOC12.CCCC(CC)C(=O)OC. The van der Waals surface area contributed by atoms with Crippen molar-refractivity contribution in [2.24, 2.45) is 11.8 Å². The van der Waals surface area contributed by atoms with Crippen molar-refractivity contribution in [3.05, 3.63) is 0 Å². The standard InChI is InChI=1S/C8H16O2.C7H12O2/c1-4-6-7(5-2)8(9)10-3;1-5-4-9-6-2-3-8-7(5)6/h7H,4-6H2,1-3H3;5-7H,2-4H2,1H3. The molecule has 2 fully saturated rings. The summed E-state index contributed by atoms with van der Waals surface area (Å²) >= 11 is 0. The molecule has 4 atom stereocenters. The number of carbonyl (C=O) groups excluding carboxylic acids is 1. The Morgan fingerprint density at radius 1 is 1.37 bits per heavy atom. The third-order valence-corrected chi connectivity index (χ3v) is 3.88. The Hall–Kier alpha value is -0.610. The first-order valence-corrected chi connectivity index (χ1v) is 7.45. The fourth-order valence-corrected chi connectivity index (χ4v) is 2.67. The lowest BCUT2D eigenvalue weighted by molar-refractivity contribution is -0.145. The van der Waals surface area contributed by atoms with E-state index in [1.165, 1.54) is 7.11 Å². The van der Waals surface area contributed by atoms with Crippen LogP contribution in [0.25, 0.3) is 0 Å². The van der Waals surface area contributed by atoms with Crippen molar-refractivity contribution in [3.63, 3.8) is 0 Å². The van der Waals surface area contributed by atoms with Crippen LogP contribution in [0.5, 0.6) is 0 Å². The number of carbonyl (C=O) groups is 1. The third kappa shape index (κ3) is 4.77. The molecule has 0 saturated carbocycles. The molecule has 2 heterocycles. The molecule has 4 nitrogen and oxygen atoms in total. The molecule has 0 bridgehead atoms. The molecule has 0 spiro atoms. The van der Waals surface area contributed by atoms with Crippen molar-refractivity contribution >= 4 is 5.97 Å². The van der Waals surface area contributed by atoms with Crippen LogP contribution in [0.2, 0.25) is 0 Å². The molecule has 112 valence electrons. The normalized spacial score (nSPS) is 30.2. The molecular formula is C15H28O4. The van der Waals surface area contributed by atoms with Crippen molar-refractivity contribution in [1.82, 2.24) is 0 Å². The first kappa shape index (κ1) is 16.4. The average molecular weight is 272 g/mol. The summed E-state index contributed by atoms with van der Waals surface area (Å²) in [5, 5.41) is 0. The van der Waals surface area contributed by atoms with Gasteiger partial charge in [-0.1, -0.05) is 27.2 Å². The maximum Gasteiger partial charge on any atom is 0.308 e. The van der Waals surface area contributed by atoms with Gasteiger partial charge in [-0.15, -0.1) is 0 Å². The number of ether oxygens (including phenoxy) is 3. The highest BCUT2D eigenvalue weighted by Crippen LogP contribution is 2.29. The highest BCUT2D eigenvalue weighted by Gasteiger charge is 2.38. The molecule has 0 aromatic rings. The van der Waals surface area contributed by atoms with Crippen molar-refractivity contribution < 1.29 is 19.0 Å². The second kappa shape index (κ2) is 8.54. The Morgan fingerprint density at radius 2 is 2.11 bits per heavy atom. The van der Waals surface area contributed by atoms with Crippen molar-refractivity contribution in [3.8, 4) is 0 Å². The smallest absolute Gasteiger partial charge is 0.308 e. The number of hydrogen-bond acceptors (Lipinski definition) is 4. The molecule has 2 aliphatic heterocycles. The Labute approximate surface area is 116 Å². The molecule has 19 heavy (non-hydrogen) atoms. The van der Waals surface area contributed by atoms with Gasteiger partial charge in [0.25, 0.3) is 0 Å². The third-order valence-electron chi connectivity index (χ3n) is 3.88. The second-order valence-corrected chi connectivity index (χ2v) is 5.39. The molecular weight excluding hydrogens is 244 g/mol. The zero-order chi connectivity index (χ0) is 14.3. The minimum Gasteiger partial charge on any atom is -0.469 e. The average Bonchev–Trinajstić information content (AvgIpc) is 3.02. The van der Waals surface area contributed by atoms with E-state index >= 15 is 0 Å². The number of methoxy groups -OCH3 is 1. The Bertz CT molecular complexity index is 267. The summed E-state index contributed by atoms with van der Waals surface area (Å²) in [6.45, 7) is 8.08. The van der Waals surface area contributed by atoms with Gasteiger partial charge in [-0.25, -0.2) is 0 Å². The number of esters is 1. The Balaban J connectivity index is 0.000000190. The van der Waals surface area contributed by atoms with Gasteiger partial charge in [0, 0.05) is 12.5 Å². The summed E-state index contributed by atoms with van der Waals surface area (Å²) in [6, 6.07) is 0. The molecule has 0 aliphatic carbocycles. The summed E-state index contributed by atoms with van der Waals surface area (Å²) in [5.74, 6) is 0.678. The van der Waals surface area contributed by atoms with Crippen LogP contribution < -0.4 is 0 Å². The molecule has 4 unspecified atom stereocenters. The van der Waals surface area contributed by atoms with Gasteiger partial charge in [-0.3, -0.25) is 4.79 Å². The summed E-state index contributed by atoms with van der Waals surface area (Å²) in [7, 11) is 1.45. The lowest BCUT2D eigenvalue weighted by atomic mass is 10.0. The predicted octanol–water partition coefficient (Wildman–Crippen LogP) is 2.80. The second-order valence-electron chi connectivity index (χ2n) is 5.39. The highest BCUT2D eigenvalue weighted by atomic mass is 16.6. The van der Waals surface area contributed by atoms with E-state index in [0.29, 0.717) is 18.1 Å². The van der Waals surface area contributed by atoms with E-state index in [-0.39, 0.29) is 11.9 Å².